The largest absolute Gasteiger partial charge is 0.204 e. The van der Waals surface area contributed by atoms with Gasteiger partial charge in [-0.2, -0.15) is 0 Å². The fraction of sp³-hybridized carbons (Fsp3) is 0.250. The van der Waals surface area contributed by atoms with Gasteiger partial charge in [-0.25, -0.2) is 8.78 Å². The van der Waals surface area contributed by atoms with Crippen molar-refractivity contribution < 1.29 is 8.78 Å². The summed E-state index contributed by atoms with van der Waals surface area (Å²) in [6.45, 7) is 0. The zero-order chi connectivity index (χ0) is 13.7. The number of aryl methyl sites for hydroxylation is 1. The van der Waals surface area contributed by atoms with Gasteiger partial charge in [0.2, 0.25) is 0 Å². The third-order valence-electron chi connectivity index (χ3n) is 3.06. The van der Waals surface area contributed by atoms with Crippen LogP contribution in [-0.2, 0) is 12.8 Å². The molecule has 0 radical (unpaired) electrons. The number of hydrogen-bond acceptors (Lipinski definition) is 0. The molecule has 100 valence electrons. The van der Waals surface area contributed by atoms with E-state index in [0.29, 0.717) is 12.0 Å². The number of rotatable bonds is 5. The van der Waals surface area contributed by atoms with Crippen LogP contribution in [0.4, 0.5) is 8.78 Å². The minimum atomic E-state index is -0.778. The highest BCUT2D eigenvalue weighted by Gasteiger charge is 2.12. The summed E-state index contributed by atoms with van der Waals surface area (Å²) in [6, 6.07) is 14.5. The highest BCUT2D eigenvalue weighted by molar-refractivity contribution is 9.09. The minimum Gasteiger partial charge on any atom is -0.204 e. The molecule has 0 nitrogen and oxygen atoms in total. The van der Waals surface area contributed by atoms with Crippen molar-refractivity contribution in [1.29, 1.82) is 0 Å². The van der Waals surface area contributed by atoms with Gasteiger partial charge in [-0.05, 0) is 36.5 Å². The van der Waals surface area contributed by atoms with Crippen LogP contribution in [0, 0.1) is 11.6 Å². The third-order valence-corrected chi connectivity index (χ3v) is 3.84. The normalized spacial score (nSPS) is 12.4. The van der Waals surface area contributed by atoms with Crippen LogP contribution in [0.3, 0.4) is 0 Å². The molecule has 2 rings (SSSR count). The van der Waals surface area contributed by atoms with Crippen molar-refractivity contribution in [3.8, 4) is 0 Å². The molecule has 1 atom stereocenters. The van der Waals surface area contributed by atoms with Gasteiger partial charge in [-0.1, -0.05) is 58.4 Å². The molecule has 0 aliphatic carbocycles. The second-order valence-corrected chi connectivity index (χ2v) is 5.83. The number of halogens is 3. The molecular formula is C16H15BrF2. The smallest absolute Gasteiger partial charge is 0.162 e. The molecule has 0 fully saturated rings. The lowest BCUT2D eigenvalue weighted by atomic mass is 10.0. The van der Waals surface area contributed by atoms with E-state index in [2.05, 4.69) is 28.1 Å². The summed E-state index contributed by atoms with van der Waals surface area (Å²) in [5.74, 6) is -1.51. The lowest BCUT2D eigenvalue weighted by Gasteiger charge is -2.11. The van der Waals surface area contributed by atoms with Gasteiger partial charge >= 0.3 is 0 Å². The SMILES string of the molecule is Fc1cccc(CC(Br)CCc2ccccc2)c1F. The molecule has 0 bridgehead atoms. The first-order valence-electron chi connectivity index (χ1n) is 6.27. The predicted molar refractivity (Wildman–Crippen MR) is 77.5 cm³/mol. The molecule has 19 heavy (non-hydrogen) atoms. The molecule has 3 heteroatoms. The first kappa shape index (κ1) is 14.2. The van der Waals surface area contributed by atoms with E-state index in [-0.39, 0.29) is 4.83 Å². The topological polar surface area (TPSA) is 0 Å². The second kappa shape index (κ2) is 6.80. The van der Waals surface area contributed by atoms with Crippen LogP contribution in [0.25, 0.3) is 0 Å². The summed E-state index contributed by atoms with van der Waals surface area (Å²) in [7, 11) is 0. The summed E-state index contributed by atoms with van der Waals surface area (Å²) in [5, 5.41) is 0. The van der Waals surface area contributed by atoms with Gasteiger partial charge in [0, 0.05) is 4.83 Å². The average Bonchev–Trinajstić information content (AvgIpc) is 2.43. The molecule has 0 amide bonds. The highest BCUT2D eigenvalue weighted by atomic mass is 79.9. The van der Waals surface area contributed by atoms with Crippen LogP contribution >= 0.6 is 15.9 Å². The van der Waals surface area contributed by atoms with Crippen molar-refractivity contribution >= 4 is 15.9 Å². The molecule has 0 aliphatic heterocycles. The molecule has 0 saturated heterocycles. The standard InChI is InChI=1S/C16H15BrF2/c17-14(10-9-12-5-2-1-3-6-12)11-13-7-4-8-15(18)16(13)19/h1-8,14H,9-11H2. The number of benzene rings is 2. The zero-order valence-electron chi connectivity index (χ0n) is 10.5. The van der Waals surface area contributed by atoms with Crippen LogP contribution in [0.5, 0.6) is 0 Å². The van der Waals surface area contributed by atoms with E-state index in [9.17, 15) is 8.78 Å². The Morgan fingerprint density at radius 2 is 1.68 bits per heavy atom. The van der Waals surface area contributed by atoms with Crippen LogP contribution in [-0.4, -0.2) is 4.83 Å². The lowest BCUT2D eigenvalue weighted by Crippen LogP contribution is -2.07. The molecule has 0 aliphatic rings. The fourth-order valence-electron chi connectivity index (χ4n) is 2.01. The third kappa shape index (κ3) is 4.13. The highest BCUT2D eigenvalue weighted by Crippen LogP contribution is 2.19. The van der Waals surface area contributed by atoms with Gasteiger partial charge in [0.1, 0.15) is 0 Å². The number of alkyl halides is 1. The number of hydrogen-bond donors (Lipinski definition) is 0. The van der Waals surface area contributed by atoms with Crippen LogP contribution in [0.2, 0.25) is 0 Å². The van der Waals surface area contributed by atoms with Gasteiger partial charge in [0.15, 0.2) is 11.6 Å². The van der Waals surface area contributed by atoms with E-state index in [4.69, 9.17) is 0 Å². The Kier molecular flexibility index (Phi) is 5.08. The van der Waals surface area contributed by atoms with E-state index in [1.807, 2.05) is 18.2 Å². The Morgan fingerprint density at radius 1 is 0.947 bits per heavy atom. The molecule has 0 N–H and O–H groups in total. The summed E-state index contributed by atoms with van der Waals surface area (Å²) in [6.07, 6.45) is 2.31. The summed E-state index contributed by atoms with van der Waals surface area (Å²) in [4.78, 5) is 0.143. The van der Waals surface area contributed by atoms with Crippen molar-refractivity contribution in [2.24, 2.45) is 0 Å². The maximum absolute atomic E-state index is 13.5. The molecule has 0 heterocycles. The Morgan fingerprint density at radius 3 is 2.42 bits per heavy atom. The molecule has 0 aromatic heterocycles. The first-order chi connectivity index (χ1) is 9.16. The van der Waals surface area contributed by atoms with E-state index in [1.165, 1.54) is 5.56 Å². The van der Waals surface area contributed by atoms with Gasteiger partial charge in [-0.15, -0.1) is 0 Å². The summed E-state index contributed by atoms with van der Waals surface area (Å²) < 4.78 is 26.6. The average molecular weight is 325 g/mol. The van der Waals surface area contributed by atoms with Gasteiger partial charge in [-0.3, -0.25) is 0 Å². The quantitative estimate of drug-likeness (QED) is 0.686. The Balaban J connectivity index is 1.91. The first-order valence-corrected chi connectivity index (χ1v) is 7.19. The summed E-state index contributed by atoms with van der Waals surface area (Å²) in [5.41, 5.74) is 1.68. The van der Waals surface area contributed by atoms with E-state index in [0.717, 1.165) is 18.9 Å². The van der Waals surface area contributed by atoms with Gasteiger partial charge in [0.05, 0.1) is 0 Å². The van der Waals surface area contributed by atoms with Crippen LogP contribution in [0.1, 0.15) is 17.5 Å². The Labute approximate surface area is 120 Å². The molecule has 2 aromatic carbocycles. The maximum atomic E-state index is 13.5. The molecule has 0 spiro atoms. The monoisotopic (exact) mass is 324 g/mol. The van der Waals surface area contributed by atoms with Crippen molar-refractivity contribution in [2.45, 2.75) is 24.1 Å². The van der Waals surface area contributed by atoms with Gasteiger partial charge < -0.3 is 0 Å². The predicted octanol–water partition coefficient (Wildman–Crippen LogP) is 4.90. The van der Waals surface area contributed by atoms with E-state index < -0.39 is 11.6 Å². The summed E-state index contributed by atoms with van der Waals surface area (Å²) >= 11 is 3.54. The molecule has 1 unspecified atom stereocenters. The van der Waals surface area contributed by atoms with Crippen molar-refractivity contribution in [1.82, 2.24) is 0 Å². The molecule has 0 saturated carbocycles. The van der Waals surface area contributed by atoms with Crippen molar-refractivity contribution in [3.63, 3.8) is 0 Å². The Bertz CT molecular complexity index is 526. The van der Waals surface area contributed by atoms with Crippen LogP contribution in [0.15, 0.2) is 48.5 Å². The van der Waals surface area contributed by atoms with E-state index >= 15 is 0 Å². The second-order valence-electron chi connectivity index (χ2n) is 4.54. The fourth-order valence-corrected chi connectivity index (χ4v) is 2.59. The van der Waals surface area contributed by atoms with Crippen molar-refractivity contribution in [3.05, 3.63) is 71.3 Å². The zero-order valence-corrected chi connectivity index (χ0v) is 12.0. The van der Waals surface area contributed by atoms with Gasteiger partial charge in [0.25, 0.3) is 0 Å². The maximum Gasteiger partial charge on any atom is 0.162 e. The van der Waals surface area contributed by atoms with E-state index in [1.54, 1.807) is 12.1 Å². The Hall–Kier alpha value is -1.22. The minimum absolute atomic E-state index is 0.143. The lowest BCUT2D eigenvalue weighted by molar-refractivity contribution is 0.497. The molecular weight excluding hydrogens is 310 g/mol. The molecule has 2 aromatic rings. The van der Waals surface area contributed by atoms with Crippen LogP contribution < -0.4 is 0 Å². The van der Waals surface area contributed by atoms with Crippen molar-refractivity contribution in [2.75, 3.05) is 0 Å².